The third kappa shape index (κ3) is 3.47. The van der Waals surface area contributed by atoms with Crippen LogP contribution in [0.1, 0.15) is 34.1 Å². The Morgan fingerprint density at radius 3 is 2.73 bits per heavy atom. The Balaban J connectivity index is 1.81. The second-order valence-electron chi connectivity index (χ2n) is 8.12. The van der Waals surface area contributed by atoms with E-state index in [1.165, 1.54) is 4.90 Å². The second kappa shape index (κ2) is 7.74. The molecule has 0 aliphatic carbocycles. The highest BCUT2D eigenvalue weighted by atomic mass is 16.2. The number of nitrogens with one attached hydrogen (secondary N) is 2. The van der Waals surface area contributed by atoms with Crippen LogP contribution in [-0.2, 0) is 15.1 Å². The molecule has 3 rings (SSSR count). The number of rotatable bonds is 6. The number of anilines is 3. The predicted molar refractivity (Wildman–Crippen MR) is 111 cm³/mol. The third-order valence-electron chi connectivity index (χ3n) is 5.65. The van der Waals surface area contributed by atoms with E-state index in [0.29, 0.717) is 24.5 Å². The maximum atomic E-state index is 12.9. The fourth-order valence-electron chi connectivity index (χ4n) is 3.52. The first kappa shape index (κ1) is 21.2. The van der Waals surface area contributed by atoms with Gasteiger partial charge in [-0.05, 0) is 32.3 Å². The Morgan fingerprint density at radius 1 is 1.40 bits per heavy atom. The summed E-state index contributed by atoms with van der Waals surface area (Å²) in [6.45, 7) is 7.72. The van der Waals surface area contributed by atoms with Crippen molar-refractivity contribution in [3.8, 4) is 6.07 Å². The smallest absolute Gasteiger partial charge is 0.248 e. The van der Waals surface area contributed by atoms with Crippen LogP contribution in [0.5, 0.6) is 0 Å². The summed E-state index contributed by atoms with van der Waals surface area (Å²) in [7, 11) is 1.58. The number of carbonyl (C=O) groups excluding carboxylic acids is 2. The largest absolute Gasteiger partial charge is 0.357 e. The number of aromatic nitrogens is 4. The molecule has 0 spiro atoms. The first-order chi connectivity index (χ1) is 14.2. The third-order valence-corrected chi connectivity index (χ3v) is 5.65. The number of carbonyl (C=O) groups is 2. The molecular formula is C20H26N8O2. The van der Waals surface area contributed by atoms with E-state index in [4.69, 9.17) is 0 Å². The number of nitriles is 1. The van der Waals surface area contributed by atoms with E-state index in [2.05, 4.69) is 31.8 Å². The normalized spacial score (nSPS) is 19.1. The zero-order valence-electron chi connectivity index (χ0n) is 17.8. The first-order valence-corrected chi connectivity index (χ1v) is 9.76. The average molecular weight is 410 g/mol. The summed E-state index contributed by atoms with van der Waals surface area (Å²) in [4.78, 5) is 35.2. The van der Waals surface area contributed by atoms with Crippen molar-refractivity contribution in [1.29, 1.82) is 5.26 Å². The van der Waals surface area contributed by atoms with Crippen molar-refractivity contribution in [2.24, 2.45) is 11.3 Å². The van der Waals surface area contributed by atoms with Crippen molar-refractivity contribution in [1.82, 2.24) is 25.1 Å². The van der Waals surface area contributed by atoms with E-state index in [-0.39, 0.29) is 23.7 Å². The fraction of sp³-hybridized carbons (Fsp3) is 0.500. The maximum absolute atomic E-state index is 12.9. The molecule has 1 atom stereocenters. The van der Waals surface area contributed by atoms with Gasteiger partial charge in [0.15, 0.2) is 0 Å². The summed E-state index contributed by atoms with van der Waals surface area (Å²) in [5.41, 5.74) is -1.28. The Labute approximate surface area is 175 Å². The number of likely N-dealkylation sites (N-methyl/N-ethyl adjacent to an activating group) is 1. The monoisotopic (exact) mass is 410 g/mol. The van der Waals surface area contributed by atoms with Crippen LogP contribution in [0.3, 0.4) is 0 Å². The van der Waals surface area contributed by atoms with Crippen molar-refractivity contribution >= 4 is 29.3 Å². The second-order valence-corrected chi connectivity index (χ2v) is 8.12. The molecule has 2 amide bonds. The molecule has 0 bridgehead atoms. The number of amides is 2. The molecule has 1 aliphatic rings. The van der Waals surface area contributed by atoms with Gasteiger partial charge >= 0.3 is 0 Å². The zero-order valence-corrected chi connectivity index (χ0v) is 17.8. The van der Waals surface area contributed by atoms with Crippen molar-refractivity contribution in [2.45, 2.75) is 39.7 Å². The lowest BCUT2D eigenvalue weighted by atomic mass is 9.77. The van der Waals surface area contributed by atoms with Gasteiger partial charge in [0.05, 0.1) is 18.0 Å². The minimum Gasteiger partial charge on any atom is -0.357 e. The highest BCUT2D eigenvalue weighted by Gasteiger charge is 2.50. The highest BCUT2D eigenvalue weighted by Crippen LogP contribution is 2.40. The van der Waals surface area contributed by atoms with Gasteiger partial charge in [0.1, 0.15) is 16.8 Å². The van der Waals surface area contributed by atoms with Crippen LogP contribution in [0.15, 0.2) is 24.7 Å². The van der Waals surface area contributed by atoms with E-state index in [9.17, 15) is 14.9 Å². The van der Waals surface area contributed by atoms with Crippen LogP contribution >= 0.6 is 0 Å². The Kier molecular flexibility index (Phi) is 5.48. The fourth-order valence-corrected chi connectivity index (χ4v) is 3.52. The highest BCUT2D eigenvalue weighted by molar-refractivity contribution is 6.01. The van der Waals surface area contributed by atoms with Gasteiger partial charge in [0.2, 0.25) is 17.8 Å². The van der Waals surface area contributed by atoms with Gasteiger partial charge in [-0.25, -0.2) is 4.98 Å². The molecule has 1 fully saturated rings. The lowest BCUT2D eigenvalue weighted by Gasteiger charge is -2.24. The molecule has 1 saturated heterocycles. The summed E-state index contributed by atoms with van der Waals surface area (Å²) in [6.07, 6.45) is 5.28. The predicted octanol–water partition coefficient (Wildman–Crippen LogP) is 1.80. The quantitative estimate of drug-likeness (QED) is 0.743. The van der Waals surface area contributed by atoms with Crippen LogP contribution < -0.4 is 15.5 Å². The summed E-state index contributed by atoms with van der Waals surface area (Å²) >= 11 is 0. The molecule has 30 heavy (non-hydrogen) atoms. The van der Waals surface area contributed by atoms with Crippen molar-refractivity contribution in [2.75, 3.05) is 23.8 Å². The summed E-state index contributed by atoms with van der Waals surface area (Å²) in [5, 5.41) is 19.5. The Morgan fingerprint density at radius 2 is 2.13 bits per heavy atom. The van der Waals surface area contributed by atoms with Crippen LogP contribution in [-0.4, -0.2) is 45.2 Å². The van der Waals surface area contributed by atoms with Gasteiger partial charge in [0, 0.05) is 26.0 Å². The zero-order chi connectivity index (χ0) is 22.1. The van der Waals surface area contributed by atoms with Gasteiger partial charge in [0.25, 0.3) is 0 Å². The molecule has 10 nitrogen and oxygen atoms in total. The minimum absolute atomic E-state index is 0.0889. The van der Waals surface area contributed by atoms with Crippen molar-refractivity contribution in [3.05, 3.63) is 24.7 Å². The lowest BCUT2D eigenvalue weighted by molar-refractivity contribution is -0.128. The molecular weight excluding hydrogens is 384 g/mol. The van der Waals surface area contributed by atoms with E-state index in [0.717, 1.165) is 0 Å². The van der Waals surface area contributed by atoms with Gasteiger partial charge in [-0.15, -0.1) is 0 Å². The molecule has 0 saturated carbocycles. The van der Waals surface area contributed by atoms with Gasteiger partial charge in [-0.3, -0.25) is 19.2 Å². The summed E-state index contributed by atoms with van der Waals surface area (Å²) in [5.74, 6) is 0.234. The molecule has 3 heterocycles. The SMILES string of the molecule is CNC(=O)C(C)(C)n1cc(Nc2nccc(N3CC[C@@](C#N)(C(C)C)C3=O)n2)cn1. The van der Waals surface area contributed by atoms with E-state index < -0.39 is 11.0 Å². The molecule has 0 unspecified atom stereocenters. The number of hydrogen-bond acceptors (Lipinski definition) is 7. The van der Waals surface area contributed by atoms with Gasteiger partial charge in [-0.1, -0.05) is 13.8 Å². The van der Waals surface area contributed by atoms with Crippen LogP contribution in [0, 0.1) is 22.7 Å². The average Bonchev–Trinajstić information content (AvgIpc) is 3.32. The number of hydrogen-bond donors (Lipinski definition) is 2. The standard InChI is InChI=1S/C20H26N8O2/c1-13(2)20(12-21)7-9-27(17(20)30)15-6-8-23-18(26-15)25-14-10-24-28(11-14)19(3,4)16(29)22-5/h6,8,10-11,13H,7,9H2,1-5H3,(H,22,29)(H,23,25,26)/t20-/m1/s1. The van der Waals surface area contributed by atoms with Crippen LogP contribution in [0.2, 0.25) is 0 Å². The van der Waals surface area contributed by atoms with E-state index in [1.807, 2.05) is 13.8 Å². The first-order valence-electron chi connectivity index (χ1n) is 9.76. The molecule has 2 aromatic rings. The Hall–Kier alpha value is -3.48. The molecule has 0 radical (unpaired) electrons. The van der Waals surface area contributed by atoms with E-state index >= 15 is 0 Å². The maximum Gasteiger partial charge on any atom is 0.248 e. The summed E-state index contributed by atoms with van der Waals surface area (Å²) in [6, 6.07) is 3.87. The Bertz CT molecular complexity index is 1010. The lowest BCUT2D eigenvalue weighted by Crippen LogP contribution is -2.43. The van der Waals surface area contributed by atoms with Crippen LogP contribution in [0.25, 0.3) is 0 Å². The molecule has 0 aromatic carbocycles. The minimum atomic E-state index is -1.02. The molecule has 1 aliphatic heterocycles. The molecule has 10 heteroatoms. The molecule has 2 aromatic heterocycles. The molecule has 158 valence electrons. The topological polar surface area (TPSA) is 129 Å². The summed E-state index contributed by atoms with van der Waals surface area (Å²) < 4.78 is 1.55. The molecule has 2 N–H and O–H groups in total. The van der Waals surface area contributed by atoms with Gasteiger partial charge in [-0.2, -0.15) is 15.3 Å². The number of nitrogens with zero attached hydrogens (tertiary/aromatic N) is 6. The van der Waals surface area contributed by atoms with Crippen molar-refractivity contribution in [3.63, 3.8) is 0 Å². The van der Waals surface area contributed by atoms with Gasteiger partial charge < -0.3 is 10.6 Å². The van der Waals surface area contributed by atoms with Crippen LogP contribution in [0.4, 0.5) is 17.5 Å². The van der Waals surface area contributed by atoms with E-state index in [1.54, 1.807) is 50.2 Å². The van der Waals surface area contributed by atoms with Crippen molar-refractivity contribution < 1.29 is 9.59 Å².